The number of carbonyl (C=O) groups excluding carboxylic acids is 1. The number of rotatable bonds is 10. The molecule has 2 aromatic heterocycles. The van der Waals surface area contributed by atoms with Crippen molar-refractivity contribution in [1.82, 2.24) is 19.7 Å². The third-order valence-corrected chi connectivity index (χ3v) is 9.86. The molecule has 43 heavy (non-hydrogen) atoms. The molecule has 2 fully saturated rings. The summed E-state index contributed by atoms with van der Waals surface area (Å²) in [5, 5.41) is 15.3. The van der Waals surface area contributed by atoms with Crippen LogP contribution in [0.5, 0.6) is 0 Å². The molecule has 4 aromatic rings. The van der Waals surface area contributed by atoms with E-state index < -0.39 is 6.10 Å². The van der Waals surface area contributed by atoms with Gasteiger partial charge in [0.25, 0.3) is 5.91 Å². The molecule has 10 heteroatoms. The average molecular weight is 621 g/mol. The van der Waals surface area contributed by atoms with Crippen molar-refractivity contribution in [3.63, 3.8) is 0 Å². The molecule has 0 bridgehead atoms. The number of amides is 1. The molecule has 0 saturated carbocycles. The standard InChI is InChI=1S/C33H37ClN4O4S/c34-25-10-8-23(9-11-25)20-35-32(41)28-22-38(14-13-36-15-17-42-18-16-36)33-27(31(28)40)19-26(43-33)21-37-12-4-7-29(37)30(39)24-5-2-1-3-6-24/h1-3,5-6,8-11,19,22,29-30,39H,4,7,12-18,20-21H2,(H,35,41)/t29?,30-/m0/s1. The number of carbonyl (C=O) groups is 1. The molecule has 4 heterocycles. The number of pyridine rings is 1. The highest BCUT2D eigenvalue weighted by atomic mass is 35.5. The zero-order chi connectivity index (χ0) is 29.8. The van der Waals surface area contributed by atoms with Crippen LogP contribution in [0, 0.1) is 0 Å². The Morgan fingerprint density at radius 1 is 1.07 bits per heavy atom. The maximum absolute atomic E-state index is 13.7. The van der Waals surface area contributed by atoms with Crippen LogP contribution in [0.25, 0.3) is 10.2 Å². The highest BCUT2D eigenvalue weighted by Gasteiger charge is 2.32. The van der Waals surface area contributed by atoms with Gasteiger partial charge in [-0.3, -0.25) is 19.4 Å². The maximum atomic E-state index is 13.7. The van der Waals surface area contributed by atoms with Crippen molar-refractivity contribution >= 4 is 39.1 Å². The molecule has 2 atom stereocenters. The Bertz CT molecular complexity index is 1600. The maximum Gasteiger partial charge on any atom is 0.257 e. The van der Waals surface area contributed by atoms with Crippen LogP contribution in [-0.4, -0.2) is 70.8 Å². The second-order valence-electron chi connectivity index (χ2n) is 11.3. The Labute approximate surface area is 260 Å². The van der Waals surface area contributed by atoms with Gasteiger partial charge in [-0.25, -0.2) is 0 Å². The van der Waals surface area contributed by atoms with Gasteiger partial charge in [-0.15, -0.1) is 11.3 Å². The predicted molar refractivity (Wildman–Crippen MR) is 171 cm³/mol. The van der Waals surface area contributed by atoms with Crippen LogP contribution < -0.4 is 10.7 Å². The number of hydrogen-bond donors (Lipinski definition) is 2. The van der Waals surface area contributed by atoms with Gasteiger partial charge >= 0.3 is 0 Å². The number of aliphatic hydroxyl groups excluding tert-OH is 1. The number of nitrogens with one attached hydrogen (secondary N) is 1. The Balaban J connectivity index is 1.26. The topological polar surface area (TPSA) is 87.0 Å². The van der Waals surface area contributed by atoms with Gasteiger partial charge in [0.15, 0.2) is 0 Å². The van der Waals surface area contributed by atoms with Gasteiger partial charge in [0, 0.05) is 61.4 Å². The minimum Gasteiger partial charge on any atom is -0.387 e. The van der Waals surface area contributed by atoms with Gasteiger partial charge in [-0.1, -0.05) is 54.1 Å². The molecule has 8 nitrogen and oxygen atoms in total. The average Bonchev–Trinajstić information content (AvgIpc) is 3.69. The van der Waals surface area contributed by atoms with Crippen molar-refractivity contribution < 1.29 is 14.6 Å². The Morgan fingerprint density at radius 3 is 2.60 bits per heavy atom. The zero-order valence-corrected chi connectivity index (χ0v) is 25.7. The molecule has 6 rings (SSSR count). The molecule has 0 spiro atoms. The largest absolute Gasteiger partial charge is 0.387 e. The Kier molecular flexibility index (Phi) is 9.57. The highest BCUT2D eigenvalue weighted by molar-refractivity contribution is 7.18. The van der Waals surface area contributed by atoms with Gasteiger partial charge in [0.2, 0.25) is 5.43 Å². The van der Waals surface area contributed by atoms with E-state index in [0.717, 1.165) is 59.9 Å². The smallest absolute Gasteiger partial charge is 0.257 e. The van der Waals surface area contributed by atoms with Crippen molar-refractivity contribution in [2.24, 2.45) is 0 Å². The van der Waals surface area contributed by atoms with Crippen LogP contribution in [0.1, 0.15) is 45.3 Å². The van der Waals surface area contributed by atoms with Crippen molar-refractivity contribution in [2.75, 3.05) is 39.4 Å². The van der Waals surface area contributed by atoms with E-state index >= 15 is 0 Å². The molecule has 2 aliphatic rings. The highest BCUT2D eigenvalue weighted by Crippen LogP contribution is 2.33. The fourth-order valence-corrected chi connectivity index (χ4v) is 7.37. The van der Waals surface area contributed by atoms with Gasteiger partial charge < -0.3 is 19.7 Å². The van der Waals surface area contributed by atoms with E-state index in [4.69, 9.17) is 16.3 Å². The fraction of sp³-hybridized carbons (Fsp3) is 0.394. The lowest BCUT2D eigenvalue weighted by molar-refractivity contribution is 0.0365. The predicted octanol–water partition coefficient (Wildman–Crippen LogP) is 4.68. The molecule has 2 N–H and O–H groups in total. The summed E-state index contributed by atoms with van der Waals surface area (Å²) in [7, 11) is 0. The minimum absolute atomic E-state index is 0.0157. The van der Waals surface area contributed by atoms with Crippen LogP contribution in [0.4, 0.5) is 0 Å². The number of aliphatic hydroxyl groups is 1. The summed E-state index contributed by atoms with van der Waals surface area (Å²) in [6.07, 6.45) is 3.10. The van der Waals surface area contributed by atoms with E-state index in [1.807, 2.05) is 48.5 Å². The number of likely N-dealkylation sites (tertiary alicyclic amines) is 1. The van der Waals surface area contributed by atoms with Crippen molar-refractivity contribution in [1.29, 1.82) is 0 Å². The first-order valence-corrected chi connectivity index (χ1v) is 16.1. The zero-order valence-electron chi connectivity index (χ0n) is 24.1. The van der Waals surface area contributed by atoms with E-state index in [0.29, 0.717) is 43.3 Å². The Morgan fingerprint density at radius 2 is 1.84 bits per heavy atom. The summed E-state index contributed by atoms with van der Waals surface area (Å²) < 4.78 is 7.58. The number of morpholine rings is 1. The lowest BCUT2D eigenvalue weighted by Gasteiger charge is -2.28. The number of fused-ring (bicyclic) bond motifs is 1. The van der Waals surface area contributed by atoms with E-state index in [-0.39, 0.29) is 22.9 Å². The normalized spacial score (nSPS) is 18.7. The third-order valence-electron chi connectivity index (χ3n) is 8.45. The lowest BCUT2D eigenvalue weighted by atomic mass is 10.0. The van der Waals surface area contributed by atoms with Crippen molar-refractivity contribution in [2.45, 2.75) is 44.6 Å². The Hall–Kier alpha value is -3.05. The number of ether oxygens (including phenoxy) is 1. The molecule has 1 amide bonds. The summed E-state index contributed by atoms with van der Waals surface area (Å²) in [5.41, 5.74) is 1.72. The van der Waals surface area contributed by atoms with Crippen molar-refractivity contribution in [3.8, 4) is 0 Å². The molecule has 2 saturated heterocycles. The second-order valence-corrected chi connectivity index (χ2v) is 12.8. The molecule has 226 valence electrons. The number of thiophene rings is 1. The summed E-state index contributed by atoms with van der Waals surface area (Å²) in [6, 6.07) is 19.1. The first kappa shape index (κ1) is 30.0. The minimum atomic E-state index is -0.567. The SMILES string of the molecule is O=C(NCc1ccc(Cl)cc1)c1cn(CCN2CCOCC2)c2sc(CN3CCCC3[C@@H](O)c3ccccc3)cc2c1=O. The molecule has 2 aromatic carbocycles. The summed E-state index contributed by atoms with van der Waals surface area (Å²) in [6.45, 7) is 6.47. The van der Waals surface area contributed by atoms with Crippen molar-refractivity contribution in [3.05, 3.63) is 104 Å². The van der Waals surface area contributed by atoms with E-state index in [1.165, 1.54) is 0 Å². The molecule has 0 radical (unpaired) electrons. The van der Waals surface area contributed by atoms with Gasteiger partial charge in [0.05, 0.1) is 24.7 Å². The number of aromatic nitrogens is 1. The number of nitrogens with zero attached hydrogens (tertiary/aromatic N) is 3. The second kappa shape index (κ2) is 13.7. The van der Waals surface area contributed by atoms with E-state index in [1.54, 1.807) is 29.7 Å². The summed E-state index contributed by atoms with van der Waals surface area (Å²) in [5.74, 6) is -0.389. The summed E-state index contributed by atoms with van der Waals surface area (Å²) in [4.78, 5) is 33.7. The van der Waals surface area contributed by atoms with Gasteiger partial charge in [-0.2, -0.15) is 0 Å². The summed E-state index contributed by atoms with van der Waals surface area (Å²) >= 11 is 7.61. The number of hydrogen-bond acceptors (Lipinski definition) is 7. The first-order chi connectivity index (χ1) is 21.0. The van der Waals surface area contributed by atoms with Crippen LogP contribution in [0.3, 0.4) is 0 Å². The monoisotopic (exact) mass is 620 g/mol. The quantitative estimate of drug-likeness (QED) is 0.268. The van der Waals surface area contributed by atoms with Crippen LogP contribution in [0.15, 0.2) is 71.7 Å². The number of benzene rings is 2. The third kappa shape index (κ3) is 7.03. The first-order valence-electron chi connectivity index (χ1n) is 14.9. The van der Waals surface area contributed by atoms with Crippen LogP contribution in [-0.2, 0) is 24.4 Å². The molecule has 1 unspecified atom stereocenters. The molecular weight excluding hydrogens is 584 g/mol. The molecule has 2 aliphatic heterocycles. The molecular formula is C33H37ClN4O4S. The van der Waals surface area contributed by atoms with Gasteiger partial charge in [0.1, 0.15) is 10.4 Å². The molecule has 0 aliphatic carbocycles. The van der Waals surface area contributed by atoms with E-state index in [2.05, 4.69) is 19.7 Å². The van der Waals surface area contributed by atoms with Crippen LogP contribution in [0.2, 0.25) is 5.02 Å². The lowest BCUT2D eigenvalue weighted by Crippen LogP contribution is -2.38. The van der Waals surface area contributed by atoms with Gasteiger partial charge in [-0.05, 0) is 48.7 Å². The number of halogens is 1. The van der Waals surface area contributed by atoms with E-state index in [9.17, 15) is 14.7 Å². The fourth-order valence-electron chi connectivity index (χ4n) is 6.06. The van der Waals surface area contributed by atoms with Crippen LogP contribution >= 0.6 is 22.9 Å².